The Morgan fingerprint density at radius 3 is 2.43 bits per heavy atom. The van der Waals surface area contributed by atoms with Crippen LogP contribution in [-0.2, 0) is 4.74 Å². The van der Waals surface area contributed by atoms with Gasteiger partial charge in [-0.15, -0.1) is 0 Å². The molecule has 0 aliphatic carbocycles. The molecule has 0 bridgehead atoms. The van der Waals surface area contributed by atoms with Crippen LogP contribution >= 0.6 is 0 Å². The van der Waals surface area contributed by atoms with Crippen LogP contribution in [0.1, 0.15) is 53.9 Å². The monoisotopic (exact) mass is 194 g/mol. The molecule has 0 spiro atoms. The highest BCUT2D eigenvalue weighted by Gasteiger charge is 2.19. The van der Waals surface area contributed by atoms with E-state index in [9.17, 15) is 0 Å². The Morgan fingerprint density at radius 1 is 1.29 bits per heavy atom. The zero-order chi connectivity index (χ0) is 11.0. The maximum absolute atomic E-state index is 5.60. The number of hydrogen-bond acceptors (Lipinski definition) is 1. The average molecular weight is 194 g/mol. The van der Waals surface area contributed by atoms with E-state index >= 15 is 0 Å². The van der Waals surface area contributed by atoms with Crippen molar-refractivity contribution >= 4 is 14.3 Å². The van der Waals surface area contributed by atoms with Gasteiger partial charge in [0.15, 0.2) is 0 Å². The normalized spacial score (nSPS) is 13.8. The standard InChI is InChI=1S/C11H24B2O/c1-6-8-9-10(3)12-13-11(4,5)14-7-2/h10H,6-9H2,1-5H3. The summed E-state index contributed by atoms with van der Waals surface area (Å²) < 4.78 is 5.60. The lowest BCUT2D eigenvalue weighted by molar-refractivity contribution is 0.0543. The van der Waals surface area contributed by atoms with E-state index in [0.29, 0.717) is 5.82 Å². The van der Waals surface area contributed by atoms with E-state index in [1.807, 2.05) is 6.92 Å². The van der Waals surface area contributed by atoms with Crippen molar-refractivity contribution in [2.24, 2.45) is 0 Å². The molecule has 0 aromatic heterocycles. The van der Waals surface area contributed by atoms with Crippen LogP contribution in [0.3, 0.4) is 0 Å². The molecule has 80 valence electrons. The Labute approximate surface area is 91.5 Å². The van der Waals surface area contributed by atoms with Gasteiger partial charge in [-0.3, -0.25) is 0 Å². The smallest absolute Gasteiger partial charge is 0.109 e. The quantitative estimate of drug-likeness (QED) is 0.539. The SMILES string of the molecule is CCCCC(C)[B][B]C(C)(C)OCC. The number of ether oxygens (including phenoxy) is 1. The molecule has 0 rings (SSSR count). The maximum Gasteiger partial charge on any atom is 0.109 e. The fraction of sp³-hybridized carbons (Fsp3) is 1.00. The Kier molecular flexibility index (Phi) is 7.44. The topological polar surface area (TPSA) is 9.23 Å². The van der Waals surface area contributed by atoms with Crippen molar-refractivity contribution in [3.63, 3.8) is 0 Å². The van der Waals surface area contributed by atoms with Gasteiger partial charge in [0.2, 0.25) is 0 Å². The molecule has 0 amide bonds. The molecule has 0 aliphatic heterocycles. The molecule has 0 aromatic carbocycles. The molecule has 2 radical (unpaired) electrons. The van der Waals surface area contributed by atoms with E-state index in [1.165, 1.54) is 19.3 Å². The summed E-state index contributed by atoms with van der Waals surface area (Å²) in [4.78, 5) is 0. The van der Waals surface area contributed by atoms with Crippen molar-refractivity contribution in [1.29, 1.82) is 0 Å². The van der Waals surface area contributed by atoms with E-state index in [4.69, 9.17) is 4.74 Å². The summed E-state index contributed by atoms with van der Waals surface area (Å²) in [5, 5.41) is 0. The highest BCUT2D eigenvalue weighted by molar-refractivity contribution is 7.02. The predicted octanol–water partition coefficient (Wildman–Crippen LogP) is 3.08. The van der Waals surface area contributed by atoms with E-state index < -0.39 is 0 Å². The third-order valence-electron chi connectivity index (χ3n) is 2.36. The summed E-state index contributed by atoms with van der Waals surface area (Å²) in [6, 6.07) is 0. The van der Waals surface area contributed by atoms with E-state index in [1.54, 1.807) is 0 Å². The molecule has 1 atom stereocenters. The molecular weight excluding hydrogens is 170 g/mol. The van der Waals surface area contributed by atoms with E-state index in [0.717, 1.165) is 6.61 Å². The van der Waals surface area contributed by atoms with Crippen LogP contribution in [0.2, 0.25) is 5.82 Å². The van der Waals surface area contributed by atoms with Crippen molar-refractivity contribution < 1.29 is 4.74 Å². The molecular formula is C11H24B2O. The first kappa shape index (κ1) is 14.1. The van der Waals surface area contributed by atoms with Crippen LogP contribution in [0.4, 0.5) is 0 Å². The lowest BCUT2D eigenvalue weighted by Crippen LogP contribution is -2.37. The van der Waals surface area contributed by atoms with Crippen molar-refractivity contribution in [3.05, 3.63) is 0 Å². The van der Waals surface area contributed by atoms with Crippen molar-refractivity contribution in [1.82, 2.24) is 0 Å². The highest BCUT2D eigenvalue weighted by atomic mass is 16.5. The van der Waals surface area contributed by atoms with Crippen molar-refractivity contribution in [3.8, 4) is 0 Å². The first-order valence-corrected chi connectivity index (χ1v) is 5.85. The maximum atomic E-state index is 5.60. The van der Waals surface area contributed by atoms with Gasteiger partial charge in [-0.2, -0.15) is 0 Å². The third-order valence-corrected chi connectivity index (χ3v) is 2.36. The molecule has 3 heteroatoms. The summed E-state index contributed by atoms with van der Waals surface area (Å²) in [5.41, 5.74) is -0.102. The fourth-order valence-electron chi connectivity index (χ4n) is 1.44. The Bertz CT molecular complexity index is 137. The molecule has 0 fully saturated rings. The fourth-order valence-corrected chi connectivity index (χ4v) is 1.44. The minimum Gasteiger partial charge on any atom is -0.386 e. The molecule has 0 heterocycles. The summed E-state index contributed by atoms with van der Waals surface area (Å²) >= 11 is 0. The van der Waals surface area contributed by atoms with E-state index in [-0.39, 0.29) is 5.50 Å². The van der Waals surface area contributed by atoms with Gasteiger partial charge < -0.3 is 4.74 Å². The van der Waals surface area contributed by atoms with Gasteiger partial charge in [0, 0.05) is 12.1 Å². The van der Waals surface area contributed by atoms with Crippen molar-refractivity contribution in [2.45, 2.75) is 65.2 Å². The van der Waals surface area contributed by atoms with Gasteiger partial charge in [0.1, 0.15) is 7.17 Å². The van der Waals surface area contributed by atoms with Crippen LogP contribution in [0.15, 0.2) is 0 Å². The van der Waals surface area contributed by atoms with Crippen LogP contribution < -0.4 is 0 Å². The van der Waals surface area contributed by atoms with Gasteiger partial charge in [0.05, 0.1) is 7.17 Å². The Hall–Kier alpha value is 0.0899. The van der Waals surface area contributed by atoms with Gasteiger partial charge in [-0.05, 0) is 20.8 Å². The second kappa shape index (κ2) is 7.39. The number of unbranched alkanes of at least 4 members (excludes halogenated alkanes) is 1. The second-order valence-corrected chi connectivity index (χ2v) is 4.52. The summed E-state index contributed by atoms with van der Waals surface area (Å²) in [6.45, 7) is 11.5. The first-order chi connectivity index (χ1) is 6.52. The van der Waals surface area contributed by atoms with Gasteiger partial charge in [-0.1, -0.05) is 38.9 Å². The van der Waals surface area contributed by atoms with Gasteiger partial charge in [-0.25, -0.2) is 0 Å². The minimum atomic E-state index is -0.102. The molecule has 0 aromatic rings. The molecule has 0 saturated heterocycles. The van der Waals surface area contributed by atoms with Crippen LogP contribution in [-0.4, -0.2) is 26.4 Å². The zero-order valence-electron chi connectivity index (χ0n) is 10.5. The molecule has 0 N–H and O–H groups in total. The van der Waals surface area contributed by atoms with Gasteiger partial charge in [0.25, 0.3) is 0 Å². The largest absolute Gasteiger partial charge is 0.386 e. The number of rotatable bonds is 8. The van der Waals surface area contributed by atoms with Crippen LogP contribution in [0, 0.1) is 0 Å². The predicted molar refractivity (Wildman–Crippen MR) is 66.2 cm³/mol. The van der Waals surface area contributed by atoms with Gasteiger partial charge >= 0.3 is 0 Å². The zero-order valence-corrected chi connectivity index (χ0v) is 10.5. The lowest BCUT2D eigenvalue weighted by Gasteiger charge is -2.25. The van der Waals surface area contributed by atoms with Crippen LogP contribution in [0.5, 0.6) is 0 Å². The molecule has 0 aliphatic rings. The highest BCUT2D eigenvalue weighted by Crippen LogP contribution is 2.14. The Balaban J connectivity index is 3.58. The molecule has 14 heavy (non-hydrogen) atoms. The first-order valence-electron chi connectivity index (χ1n) is 5.85. The number of hydrogen-bond donors (Lipinski definition) is 0. The molecule has 1 unspecified atom stereocenters. The summed E-state index contributed by atoms with van der Waals surface area (Å²) in [6.07, 6.45) is 3.89. The Morgan fingerprint density at radius 2 is 1.93 bits per heavy atom. The summed E-state index contributed by atoms with van der Waals surface area (Å²) in [5.74, 6) is 0.676. The summed E-state index contributed by atoms with van der Waals surface area (Å²) in [7, 11) is 4.47. The lowest BCUT2D eigenvalue weighted by atomic mass is 9.28. The molecule has 0 saturated carbocycles. The van der Waals surface area contributed by atoms with Crippen molar-refractivity contribution in [2.75, 3.05) is 6.61 Å². The molecule has 1 nitrogen and oxygen atoms in total. The minimum absolute atomic E-state index is 0.102. The second-order valence-electron chi connectivity index (χ2n) is 4.52. The third kappa shape index (κ3) is 7.49. The van der Waals surface area contributed by atoms with Crippen LogP contribution in [0.25, 0.3) is 0 Å². The van der Waals surface area contributed by atoms with E-state index in [2.05, 4.69) is 42.0 Å². The average Bonchev–Trinajstić information content (AvgIpc) is 2.11.